The molecule has 1 aromatic heterocycles. The maximum absolute atomic E-state index is 13.8. The average molecular weight is 677 g/mol. The molecule has 1 aliphatic heterocycles. The Morgan fingerprint density at radius 3 is 2.19 bits per heavy atom. The van der Waals surface area contributed by atoms with Crippen LogP contribution in [0.5, 0.6) is 0 Å². The molecule has 3 aromatic carbocycles. The predicted molar refractivity (Wildman–Crippen MR) is 182 cm³/mol. The van der Waals surface area contributed by atoms with E-state index in [0.29, 0.717) is 27.7 Å². The number of carboxylic acids is 1. The molecule has 1 unspecified atom stereocenters. The third-order valence-corrected chi connectivity index (χ3v) is 10.9. The van der Waals surface area contributed by atoms with E-state index in [4.69, 9.17) is 13.7 Å². The lowest BCUT2D eigenvalue weighted by molar-refractivity contribution is 0.00578. The second-order valence-corrected chi connectivity index (χ2v) is 15.4. The first kappa shape index (κ1) is 33.7. The molecular formula is C35H38BFN2O8S. The standard InChI is InChI=1S/C35H38BFN2O8S/c1-19(22-12-15-27(25(16-22)33(41)42)36-46-34(2,3)35(4,5)47-36)39(48(7,43)44)28-18-29-26(17-24(28)20-8-9-20)30(32(40)38-6)31(45-29)21-10-13-23(37)14-11-21/h10-20H,8-9H2,1-7H3,(H,38,40)(H,41,42). The van der Waals surface area contributed by atoms with Gasteiger partial charge in [0.1, 0.15) is 17.2 Å². The minimum atomic E-state index is -3.96. The fourth-order valence-electron chi connectivity index (χ4n) is 6.22. The van der Waals surface area contributed by atoms with Gasteiger partial charge < -0.3 is 24.1 Å². The lowest BCUT2D eigenvalue weighted by atomic mass is 9.75. The maximum Gasteiger partial charge on any atom is 0.495 e. The second-order valence-electron chi connectivity index (χ2n) is 13.5. The van der Waals surface area contributed by atoms with E-state index < -0.39 is 52.1 Å². The molecule has 2 aliphatic rings. The summed E-state index contributed by atoms with van der Waals surface area (Å²) in [6.45, 7) is 9.20. The number of sulfonamides is 1. The van der Waals surface area contributed by atoms with E-state index in [-0.39, 0.29) is 28.4 Å². The number of carbonyl (C=O) groups excluding carboxylic acids is 1. The summed E-state index contributed by atoms with van der Waals surface area (Å²) in [6.07, 6.45) is 2.76. The molecule has 1 atom stereocenters. The molecule has 1 saturated carbocycles. The lowest BCUT2D eigenvalue weighted by Crippen LogP contribution is -2.41. The van der Waals surface area contributed by atoms with Crippen LogP contribution in [0.25, 0.3) is 22.3 Å². The Labute approximate surface area is 279 Å². The van der Waals surface area contributed by atoms with Crippen molar-refractivity contribution in [2.45, 2.75) is 70.6 Å². The van der Waals surface area contributed by atoms with Gasteiger partial charge >= 0.3 is 13.1 Å². The number of carbonyl (C=O) groups is 2. The number of furan rings is 1. The van der Waals surface area contributed by atoms with Crippen molar-refractivity contribution in [2.24, 2.45) is 0 Å². The van der Waals surface area contributed by atoms with Crippen molar-refractivity contribution in [3.63, 3.8) is 0 Å². The SMILES string of the molecule is CNC(=O)c1c(-c2ccc(F)cc2)oc2cc(N(C(C)c3ccc(B4OC(C)(C)C(C)(C)O4)c(C(=O)O)c3)S(C)(=O)=O)c(C3CC3)cc12. The highest BCUT2D eigenvalue weighted by Crippen LogP contribution is 2.49. The van der Waals surface area contributed by atoms with E-state index >= 15 is 0 Å². The first-order chi connectivity index (χ1) is 22.4. The number of hydrogen-bond donors (Lipinski definition) is 2. The van der Waals surface area contributed by atoms with Crippen LogP contribution in [0.2, 0.25) is 0 Å². The van der Waals surface area contributed by atoms with Crippen molar-refractivity contribution in [3.8, 4) is 11.3 Å². The topological polar surface area (TPSA) is 135 Å². The monoisotopic (exact) mass is 676 g/mol. The van der Waals surface area contributed by atoms with Crippen molar-refractivity contribution in [2.75, 3.05) is 17.6 Å². The maximum atomic E-state index is 13.8. The molecule has 48 heavy (non-hydrogen) atoms. The number of nitrogens with one attached hydrogen (secondary N) is 1. The number of benzene rings is 3. The summed E-state index contributed by atoms with van der Waals surface area (Å²) in [5.74, 6) is -1.78. The van der Waals surface area contributed by atoms with Crippen LogP contribution >= 0.6 is 0 Å². The molecule has 10 nitrogen and oxygen atoms in total. The van der Waals surface area contributed by atoms with Crippen molar-refractivity contribution in [3.05, 3.63) is 82.7 Å². The van der Waals surface area contributed by atoms with E-state index in [2.05, 4.69) is 5.32 Å². The van der Waals surface area contributed by atoms with Gasteiger partial charge in [-0.15, -0.1) is 0 Å². The van der Waals surface area contributed by atoms with Crippen LogP contribution in [0.3, 0.4) is 0 Å². The zero-order valence-corrected chi connectivity index (χ0v) is 28.7. The highest BCUT2D eigenvalue weighted by atomic mass is 32.2. The molecule has 2 heterocycles. The molecule has 0 radical (unpaired) electrons. The average Bonchev–Trinajstić information content (AvgIpc) is 3.74. The molecule has 0 spiro atoms. The van der Waals surface area contributed by atoms with Gasteiger partial charge in [-0.25, -0.2) is 17.6 Å². The summed E-state index contributed by atoms with van der Waals surface area (Å²) in [6, 6.07) is 12.9. The van der Waals surface area contributed by atoms with Crippen molar-refractivity contribution in [1.29, 1.82) is 0 Å². The summed E-state index contributed by atoms with van der Waals surface area (Å²) in [5, 5.41) is 13.4. The molecule has 6 rings (SSSR count). The molecule has 13 heteroatoms. The summed E-state index contributed by atoms with van der Waals surface area (Å²) in [5.41, 5.74) is 1.44. The van der Waals surface area contributed by atoms with E-state index in [0.717, 1.165) is 24.7 Å². The number of carboxylic acid groups (broad SMARTS) is 1. The van der Waals surface area contributed by atoms with Crippen molar-refractivity contribution in [1.82, 2.24) is 5.32 Å². The summed E-state index contributed by atoms with van der Waals surface area (Å²) in [4.78, 5) is 25.7. The van der Waals surface area contributed by atoms with Gasteiger partial charge in [0.2, 0.25) is 10.0 Å². The Kier molecular flexibility index (Phi) is 8.25. The predicted octanol–water partition coefficient (Wildman–Crippen LogP) is 6.00. The minimum Gasteiger partial charge on any atom is -0.478 e. The molecule has 0 bridgehead atoms. The Balaban J connectivity index is 1.49. The van der Waals surface area contributed by atoms with Gasteiger partial charge in [-0.1, -0.05) is 12.1 Å². The highest BCUT2D eigenvalue weighted by molar-refractivity contribution is 7.92. The van der Waals surface area contributed by atoms with Gasteiger partial charge in [0.25, 0.3) is 5.91 Å². The third kappa shape index (κ3) is 5.88. The van der Waals surface area contributed by atoms with Crippen LogP contribution in [-0.2, 0) is 19.3 Å². The van der Waals surface area contributed by atoms with Crippen LogP contribution in [0, 0.1) is 5.82 Å². The van der Waals surface area contributed by atoms with E-state index in [1.807, 2.05) is 27.7 Å². The molecule has 2 N–H and O–H groups in total. The summed E-state index contributed by atoms with van der Waals surface area (Å²) < 4.78 is 60.8. The molecule has 1 aliphatic carbocycles. The van der Waals surface area contributed by atoms with Gasteiger partial charge in [0, 0.05) is 24.1 Å². The van der Waals surface area contributed by atoms with E-state index in [9.17, 15) is 27.5 Å². The highest BCUT2D eigenvalue weighted by Gasteiger charge is 2.52. The summed E-state index contributed by atoms with van der Waals surface area (Å²) >= 11 is 0. The Morgan fingerprint density at radius 1 is 1.02 bits per heavy atom. The van der Waals surface area contributed by atoms with E-state index in [1.165, 1.54) is 41.7 Å². The largest absolute Gasteiger partial charge is 0.495 e. The molecule has 2 fully saturated rings. The van der Waals surface area contributed by atoms with Gasteiger partial charge in [-0.3, -0.25) is 9.10 Å². The molecule has 252 valence electrons. The van der Waals surface area contributed by atoms with Gasteiger partial charge in [0.05, 0.1) is 40.3 Å². The molecule has 4 aromatic rings. The van der Waals surface area contributed by atoms with Gasteiger partial charge in [-0.2, -0.15) is 0 Å². The third-order valence-electron chi connectivity index (χ3n) is 9.66. The van der Waals surface area contributed by atoms with Crippen LogP contribution in [0.4, 0.5) is 10.1 Å². The number of aromatic carboxylic acids is 1. The molecule has 1 saturated heterocycles. The quantitative estimate of drug-likeness (QED) is 0.206. The van der Waals surface area contributed by atoms with Crippen LogP contribution in [0.15, 0.2) is 59.0 Å². The lowest BCUT2D eigenvalue weighted by Gasteiger charge is -2.32. The van der Waals surface area contributed by atoms with Crippen LogP contribution < -0.4 is 15.1 Å². The number of hydrogen-bond acceptors (Lipinski definition) is 7. The second kappa shape index (κ2) is 11.7. The fraction of sp³-hybridized carbons (Fsp3) is 0.371. The Bertz CT molecular complexity index is 2040. The first-order valence-corrected chi connectivity index (χ1v) is 17.6. The Hall–Kier alpha value is -4.20. The Morgan fingerprint density at radius 2 is 1.65 bits per heavy atom. The van der Waals surface area contributed by atoms with Gasteiger partial charge in [-0.05, 0) is 106 Å². The fourth-order valence-corrected chi connectivity index (χ4v) is 7.43. The van der Waals surface area contributed by atoms with Crippen LogP contribution in [-0.4, -0.2) is 57.0 Å². The zero-order chi connectivity index (χ0) is 34.9. The first-order valence-electron chi connectivity index (χ1n) is 15.7. The number of fused-ring (bicyclic) bond motifs is 1. The number of amides is 1. The molecule has 1 amide bonds. The normalized spacial score (nSPS) is 17.8. The number of nitrogens with zero attached hydrogens (tertiary/aromatic N) is 1. The van der Waals surface area contributed by atoms with E-state index in [1.54, 1.807) is 31.2 Å². The van der Waals surface area contributed by atoms with Gasteiger partial charge in [0.15, 0.2) is 0 Å². The van der Waals surface area contributed by atoms with Crippen LogP contribution in [0.1, 0.15) is 91.3 Å². The minimum absolute atomic E-state index is 0.0443. The van der Waals surface area contributed by atoms with Crippen molar-refractivity contribution < 1.29 is 41.2 Å². The summed E-state index contributed by atoms with van der Waals surface area (Å²) in [7, 11) is -3.38. The van der Waals surface area contributed by atoms with Crippen molar-refractivity contribution >= 4 is 51.1 Å². The number of anilines is 1. The smallest absolute Gasteiger partial charge is 0.478 e. The number of rotatable bonds is 9. The number of halogens is 1. The molecular weight excluding hydrogens is 638 g/mol. The zero-order valence-electron chi connectivity index (χ0n) is 27.9.